The van der Waals surface area contributed by atoms with Gasteiger partial charge in [-0.3, -0.25) is 0 Å². The Labute approximate surface area is 59.7 Å². The highest BCUT2D eigenvalue weighted by Gasteiger charge is 2.39. The second kappa shape index (κ2) is 3.24. The van der Waals surface area contributed by atoms with Gasteiger partial charge in [-0.2, -0.15) is 0 Å². The summed E-state index contributed by atoms with van der Waals surface area (Å²) in [5.74, 6) is 0.910. The molecule has 0 unspecified atom stereocenters. The summed E-state index contributed by atoms with van der Waals surface area (Å²) in [5, 5.41) is 0. The fourth-order valence-electron chi connectivity index (χ4n) is 0.775. The molecule has 0 N–H and O–H groups in total. The lowest BCUT2D eigenvalue weighted by Crippen LogP contribution is -2.01. The molecule has 1 saturated carbocycles. The Morgan fingerprint density at radius 2 is 1.44 bits per heavy atom. The van der Waals surface area contributed by atoms with E-state index in [-0.39, 0.29) is 0 Å². The molecule has 0 heteroatoms. The molecular formula is C9H20. The van der Waals surface area contributed by atoms with E-state index in [1.54, 1.807) is 0 Å². The van der Waals surface area contributed by atoms with Crippen LogP contribution in [0.4, 0.5) is 0 Å². The first-order chi connectivity index (χ1) is 4.15. The van der Waals surface area contributed by atoms with Crippen LogP contribution >= 0.6 is 0 Å². The van der Waals surface area contributed by atoms with Crippen molar-refractivity contribution < 1.29 is 0 Å². The topological polar surface area (TPSA) is 0 Å². The van der Waals surface area contributed by atoms with Crippen molar-refractivity contribution in [1.82, 2.24) is 0 Å². The summed E-state index contributed by atoms with van der Waals surface area (Å²) in [5.41, 5.74) is 0.750. The van der Waals surface area contributed by atoms with Gasteiger partial charge >= 0.3 is 0 Å². The highest BCUT2D eigenvalue weighted by molar-refractivity contribution is 4.90. The molecule has 0 aromatic rings. The summed E-state index contributed by atoms with van der Waals surface area (Å²) in [6, 6.07) is 0. The van der Waals surface area contributed by atoms with Gasteiger partial charge in [-0.1, -0.05) is 34.6 Å². The van der Waals surface area contributed by atoms with E-state index in [1.165, 1.54) is 12.8 Å². The van der Waals surface area contributed by atoms with Gasteiger partial charge < -0.3 is 0 Å². The third kappa shape index (κ3) is 2.38. The van der Waals surface area contributed by atoms with Crippen LogP contribution in [0, 0.1) is 11.3 Å². The van der Waals surface area contributed by atoms with E-state index in [1.807, 2.05) is 13.8 Å². The average molecular weight is 128 g/mol. The molecule has 0 heterocycles. The zero-order valence-corrected chi connectivity index (χ0v) is 7.49. The monoisotopic (exact) mass is 128 g/mol. The summed E-state index contributed by atoms with van der Waals surface area (Å²) in [7, 11) is 0. The Bertz CT molecular complexity index is 68.1. The molecule has 1 aliphatic rings. The molecular weight excluding hydrogens is 108 g/mol. The van der Waals surface area contributed by atoms with Crippen LogP contribution in [0.2, 0.25) is 0 Å². The van der Waals surface area contributed by atoms with E-state index in [0.717, 1.165) is 11.3 Å². The van der Waals surface area contributed by atoms with Crippen LogP contribution in [0.5, 0.6) is 0 Å². The summed E-state index contributed by atoms with van der Waals surface area (Å²) >= 11 is 0. The quantitative estimate of drug-likeness (QED) is 0.507. The van der Waals surface area contributed by atoms with Crippen LogP contribution in [0.3, 0.4) is 0 Å². The molecule has 1 aliphatic carbocycles. The lowest BCUT2D eigenvalue weighted by atomic mass is 9.95. The molecule has 1 fully saturated rings. The summed E-state index contributed by atoms with van der Waals surface area (Å²) < 4.78 is 0. The van der Waals surface area contributed by atoms with Crippen molar-refractivity contribution >= 4 is 0 Å². The molecule has 56 valence electrons. The van der Waals surface area contributed by atoms with Gasteiger partial charge in [-0.05, 0) is 24.2 Å². The zero-order valence-electron chi connectivity index (χ0n) is 7.49. The van der Waals surface area contributed by atoms with Gasteiger partial charge in [0.25, 0.3) is 0 Å². The van der Waals surface area contributed by atoms with Gasteiger partial charge in [0, 0.05) is 0 Å². The number of rotatable bonds is 1. The maximum atomic E-state index is 2.37. The molecule has 0 radical (unpaired) electrons. The minimum absolute atomic E-state index is 0.750. The van der Waals surface area contributed by atoms with Gasteiger partial charge in [-0.15, -0.1) is 0 Å². The Hall–Kier alpha value is 0. The normalized spacial score (nSPS) is 20.7. The second-order valence-corrected chi connectivity index (χ2v) is 3.31. The highest BCUT2D eigenvalue weighted by Crippen LogP contribution is 2.50. The third-order valence-corrected chi connectivity index (χ3v) is 2.43. The first kappa shape index (κ1) is 9.00. The van der Waals surface area contributed by atoms with Gasteiger partial charge in [0.05, 0.1) is 0 Å². The summed E-state index contributed by atoms with van der Waals surface area (Å²) in [4.78, 5) is 0. The van der Waals surface area contributed by atoms with Crippen molar-refractivity contribution in [3.05, 3.63) is 0 Å². The van der Waals surface area contributed by atoms with Gasteiger partial charge in [-0.25, -0.2) is 0 Å². The summed E-state index contributed by atoms with van der Waals surface area (Å²) in [6.45, 7) is 11.0. The minimum Gasteiger partial charge on any atom is -0.0683 e. The van der Waals surface area contributed by atoms with Crippen molar-refractivity contribution in [2.45, 2.75) is 47.5 Å². The van der Waals surface area contributed by atoms with E-state index in [2.05, 4.69) is 20.8 Å². The lowest BCUT2D eigenvalue weighted by Gasteiger charge is -2.10. The van der Waals surface area contributed by atoms with Crippen LogP contribution < -0.4 is 0 Å². The molecule has 0 atom stereocenters. The largest absolute Gasteiger partial charge is 0.0683 e. The average Bonchev–Trinajstić information content (AvgIpc) is 2.55. The SMILES string of the molecule is CC.CC(C)C1(C)CC1. The molecule has 0 nitrogen and oxygen atoms in total. The van der Waals surface area contributed by atoms with Crippen molar-refractivity contribution in [2.24, 2.45) is 11.3 Å². The molecule has 1 rings (SSSR count). The predicted molar refractivity (Wildman–Crippen MR) is 43.5 cm³/mol. The molecule has 9 heavy (non-hydrogen) atoms. The Morgan fingerprint density at radius 1 is 1.11 bits per heavy atom. The van der Waals surface area contributed by atoms with E-state index < -0.39 is 0 Å². The molecule has 0 bridgehead atoms. The second-order valence-electron chi connectivity index (χ2n) is 3.31. The maximum Gasteiger partial charge on any atom is -0.0302 e. The fourth-order valence-corrected chi connectivity index (χ4v) is 0.775. The standard InChI is InChI=1S/C7H14.C2H6/c1-6(2)7(3)4-5-7;1-2/h6H,4-5H2,1-3H3;1-2H3. The van der Waals surface area contributed by atoms with Crippen LogP contribution in [-0.4, -0.2) is 0 Å². The Kier molecular flexibility index (Phi) is 3.24. The van der Waals surface area contributed by atoms with Crippen LogP contribution in [0.1, 0.15) is 47.5 Å². The number of hydrogen-bond acceptors (Lipinski definition) is 0. The van der Waals surface area contributed by atoms with Crippen molar-refractivity contribution in [2.75, 3.05) is 0 Å². The van der Waals surface area contributed by atoms with Crippen LogP contribution in [-0.2, 0) is 0 Å². The van der Waals surface area contributed by atoms with E-state index >= 15 is 0 Å². The van der Waals surface area contributed by atoms with E-state index in [0.29, 0.717) is 0 Å². The predicted octanol–water partition coefficient (Wildman–Crippen LogP) is 3.47. The van der Waals surface area contributed by atoms with Crippen LogP contribution in [0.25, 0.3) is 0 Å². The first-order valence-corrected chi connectivity index (χ1v) is 4.15. The van der Waals surface area contributed by atoms with E-state index in [4.69, 9.17) is 0 Å². The van der Waals surface area contributed by atoms with E-state index in [9.17, 15) is 0 Å². The minimum atomic E-state index is 0.750. The summed E-state index contributed by atoms with van der Waals surface area (Å²) in [6.07, 6.45) is 2.93. The van der Waals surface area contributed by atoms with Gasteiger partial charge in [0.1, 0.15) is 0 Å². The highest BCUT2D eigenvalue weighted by atomic mass is 14.4. The maximum absolute atomic E-state index is 2.37. The molecule has 0 spiro atoms. The van der Waals surface area contributed by atoms with Gasteiger partial charge in [0.2, 0.25) is 0 Å². The zero-order chi connectivity index (χ0) is 7.49. The van der Waals surface area contributed by atoms with Gasteiger partial charge in [0.15, 0.2) is 0 Å². The molecule has 0 aliphatic heterocycles. The smallest absolute Gasteiger partial charge is 0.0302 e. The molecule has 0 aromatic heterocycles. The third-order valence-electron chi connectivity index (χ3n) is 2.43. The molecule has 0 aromatic carbocycles. The van der Waals surface area contributed by atoms with Crippen molar-refractivity contribution in [3.8, 4) is 0 Å². The molecule has 0 saturated heterocycles. The fraction of sp³-hybridized carbons (Fsp3) is 1.00. The Balaban J connectivity index is 0.000000291. The van der Waals surface area contributed by atoms with Crippen molar-refractivity contribution in [1.29, 1.82) is 0 Å². The van der Waals surface area contributed by atoms with Crippen molar-refractivity contribution in [3.63, 3.8) is 0 Å². The number of hydrogen-bond donors (Lipinski definition) is 0. The molecule has 0 amide bonds. The Morgan fingerprint density at radius 3 is 1.44 bits per heavy atom. The van der Waals surface area contributed by atoms with Crippen LogP contribution in [0.15, 0.2) is 0 Å². The first-order valence-electron chi connectivity index (χ1n) is 4.15. The lowest BCUT2D eigenvalue weighted by molar-refractivity contribution is 0.397.